The number of aliphatic carboxylic acids is 1. The number of carbonyl (C=O) groups excluding carboxylic acids is 1. The van der Waals surface area contributed by atoms with Crippen LogP contribution in [0.5, 0.6) is 0 Å². The summed E-state index contributed by atoms with van der Waals surface area (Å²) in [5.74, 6) is -1.09. The predicted molar refractivity (Wildman–Crippen MR) is 70.4 cm³/mol. The zero-order valence-corrected chi connectivity index (χ0v) is 11.5. The van der Waals surface area contributed by atoms with Crippen LogP contribution in [-0.2, 0) is 11.3 Å². The molecular formula is C10H12NO2S3-. The first kappa shape index (κ1) is 13.5. The van der Waals surface area contributed by atoms with Gasteiger partial charge in [0.05, 0.1) is 12.5 Å². The maximum absolute atomic E-state index is 10.6. The fraction of sp³-hybridized carbons (Fsp3) is 0.400. The van der Waals surface area contributed by atoms with E-state index in [1.165, 1.54) is 4.88 Å². The van der Waals surface area contributed by atoms with Crippen LogP contribution in [0, 0.1) is 0 Å². The number of carboxylic acids is 1. The summed E-state index contributed by atoms with van der Waals surface area (Å²) in [5, 5.41) is 12.0. The van der Waals surface area contributed by atoms with E-state index >= 15 is 0 Å². The second kappa shape index (κ2) is 6.22. The molecule has 0 unspecified atom stereocenters. The van der Waals surface area contributed by atoms with E-state index < -0.39 is 11.2 Å². The zero-order chi connectivity index (χ0) is 12.1. The Labute approximate surface area is 108 Å². The average Bonchev–Trinajstić information content (AvgIpc) is 2.69. The Morgan fingerprint density at radius 1 is 1.75 bits per heavy atom. The summed E-state index contributed by atoms with van der Waals surface area (Å²) in [6, 6.07) is 4.00. The number of thiophene rings is 1. The SMILES string of the molecule is C[C@H](SC(=S)N(C)Cc1cccs1)C(=O)[O-]. The van der Waals surface area contributed by atoms with Crippen molar-refractivity contribution in [1.29, 1.82) is 0 Å². The molecule has 1 aromatic heterocycles. The van der Waals surface area contributed by atoms with Crippen LogP contribution in [0.3, 0.4) is 0 Å². The summed E-state index contributed by atoms with van der Waals surface area (Å²) in [7, 11) is 1.86. The second-order valence-electron chi connectivity index (χ2n) is 3.28. The smallest absolute Gasteiger partial charge is 0.137 e. The van der Waals surface area contributed by atoms with Gasteiger partial charge in [0.2, 0.25) is 0 Å². The molecule has 0 N–H and O–H groups in total. The van der Waals surface area contributed by atoms with Gasteiger partial charge in [0.25, 0.3) is 0 Å². The lowest BCUT2D eigenvalue weighted by molar-refractivity contribution is -0.304. The van der Waals surface area contributed by atoms with Gasteiger partial charge < -0.3 is 14.8 Å². The standard InChI is InChI=1S/C10H13NO2S3/c1-7(9(12)13)16-10(14)11(2)6-8-4-3-5-15-8/h3-5,7H,6H2,1-2H3,(H,12,13)/p-1/t7-/m0/s1. The number of nitrogens with zero attached hydrogens (tertiary/aromatic N) is 1. The van der Waals surface area contributed by atoms with Gasteiger partial charge in [0.1, 0.15) is 4.32 Å². The first-order valence-electron chi connectivity index (χ1n) is 4.65. The molecule has 1 rings (SSSR count). The second-order valence-corrected chi connectivity index (χ2v) is 6.29. The molecule has 16 heavy (non-hydrogen) atoms. The molecule has 0 aromatic carbocycles. The summed E-state index contributed by atoms with van der Waals surface area (Å²) < 4.78 is 0.574. The van der Waals surface area contributed by atoms with Crippen LogP contribution in [0.15, 0.2) is 17.5 Å². The number of carboxylic acid groups (broad SMARTS) is 1. The van der Waals surface area contributed by atoms with E-state index in [0.717, 1.165) is 11.8 Å². The van der Waals surface area contributed by atoms with Crippen LogP contribution < -0.4 is 5.11 Å². The van der Waals surface area contributed by atoms with Crippen LogP contribution in [-0.4, -0.2) is 27.5 Å². The predicted octanol–water partition coefficient (Wildman–Crippen LogP) is 1.34. The van der Waals surface area contributed by atoms with Gasteiger partial charge >= 0.3 is 0 Å². The highest BCUT2D eigenvalue weighted by molar-refractivity contribution is 8.23. The molecular weight excluding hydrogens is 262 g/mol. The normalized spacial score (nSPS) is 12.1. The van der Waals surface area contributed by atoms with Crippen molar-refractivity contribution in [3.05, 3.63) is 22.4 Å². The lowest BCUT2D eigenvalue weighted by Crippen LogP contribution is -2.34. The van der Waals surface area contributed by atoms with E-state index in [1.807, 2.05) is 29.5 Å². The van der Waals surface area contributed by atoms with E-state index in [0.29, 0.717) is 10.9 Å². The van der Waals surface area contributed by atoms with Crippen LogP contribution in [0.2, 0.25) is 0 Å². The molecule has 6 heteroatoms. The van der Waals surface area contributed by atoms with Crippen molar-refractivity contribution < 1.29 is 9.90 Å². The Balaban J connectivity index is 2.45. The number of hydrogen-bond acceptors (Lipinski definition) is 5. The van der Waals surface area contributed by atoms with Crippen LogP contribution in [0.1, 0.15) is 11.8 Å². The molecule has 3 nitrogen and oxygen atoms in total. The molecule has 0 saturated carbocycles. The van der Waals surface area contributed by atoms with Gasteiger partial charge in [-0.05, 0) is 18.4 Å². The third kappa shape index (κ3) is 4.11. The van der Waals surface area contributed by atoms with Crippen LogP contribution >= 0.6 is 35.3 Å². The van der Waals surface area contributed by atoms with E-state index in [1.54, 1.807) is 18.3 Å². The van der Waals surface area contributed by atoms with Crippen molar-refractivity contribution in [2.45, 2.75) is 18.7 Å². The van der Waals surface area contributed by atoms with Crippen molar-refractivity contribution in [2.75, 3.05) is 7.05 Å². The highest BCUT2D eigenvalue weighted by atomic mass is 32.2. The van der Waals surface area contributed by atoms with Gasteiger partial charge in [0.15, 0.2) is 0 Å². The van der Waals surface area contributed by atoms with Crippen molar-refractivity contribution in [1.82, 2.24) is 4.90 Å². The van der Waals surface area contributed by atoms with Gasteiger partial charge in [-0.25, -0.2) is 0 Å². The molecule has 0 aliphatic rings. The molecule has 0 spiro atoms. The highest BCUT2D eigenvalue weighted by Crippen LogP contribution is 2.18. The Bertz CT molecular complexity index is 364. The minimum Gasteiger partial charge on any atom is -0.549 e. The Hall–Kier alpha value is -0.590. The number of carbonyl (C=O) groups is 1. The van der Waals surface area contributed by atoms with E-state index in [-0.39, 0.29) is 0 Å². The fourth-order valence-corrected chi connectivity index (χ4v) is 2.89. The van der Waals surface area contributed by atoms with Crippen LogP contribution in [0.25, 0.3) is 0 Å². The Morgan fingerprint density at radius 2 is 2.44 bits per heavy atom. The molecule has 1 aromatic rings. The molecule has 0 fully saturated rings. The molecule has 1 heterocycles. The van der Waals surface area contributed by atoms with E-state index in [2.05, 4.69) is 0 Å². The number of thioether (sulfide) groups is 1. The first-order chi connectivity index (χ1) is 7.50. The molecule has 0 bridgehead atoms. The summed E-state index contributed by atoms with van der Waals surface area (Å²) in [4.78, 5) is 13.6. The molecule has 88 valence electrons. The summed E-state index contributed by atoms with van der Waals surface area (Å²) >= 11 is 7.94. The van der Waals surface area contributed by atoms with Crippen molar-refractivity contribution in [3.63, 3.8) is 0 Å². The van der Waals surface area contributed by atoms with Gasteiger partial charge in [-0.3, -0.25) is 0 Å². The van der Waals surface area contributed by atoms with Gasteiger partial charge in [0, 0.05) is 17.2 Å². The first-order valence-corrected chi connectivity index (χ1v) is 6.82. The summed E-state index contributed by atoms with van der Waals surface area (Å²) in [5.41, 5.74) is 0. The van der Waals surface area contributed by atoms with Gasteiger partial charge in [-0.2, -0.15) is 0 Å². The highest BCUT2D eigenvalue weighted by Gasteiger charge is 2.11. The van der Waals surface area contributed by atoms with Crippen LogP contribution in [0.4, 0.5) is 0 Å². The van der Waals surface area contributed by atoms with Gasteiger partial charge in [-0.15, -0.1) is 11.3 Å². The maximum Gasteiger partial charge on any atom is 0.137 e. The van der Waals surface area contributed by atoms with Crippen molar-refractivity contribution in [3.8, 4) is 0 Å². The van der Waals surface area contributed by atoms with E-state index in [4.69, 9.17) is 12.2 Å². The number of hydrogen-bond donors (Lipinski definition) is 0. The topological polar surface area (TPSA) is 43.4 Å². The Kier molecular flexibility index (Phi) is 5.24. The quantitative estimate of drug-likeness (QED) is 0.775. The molecule has 0 saturated heterocycles. The lowest BCUT2D eigenvalue weighted by atomic mass is 10.4. The number of thiocarbonyl (C=S) groups is 1. The average molecular weight is 274 g/mol. The summed E-state index contributed by atoms with van der Waals surface area (Å²) in [6.07, 6.45) is 0. The zero-order valence-electron chi connectivity index (χ0n) is 9.00. The Morgan fingerprint density at radius 3 is 2.94 bits per heavy atom. The maximum atomic E-state index is 10.6. The van der Waals surface area contributed by atoms with Crippen molar-refractivity contribution in [2.24, 2.45) is 0 Å². The lowest BCUT2D eigenvalue weighted by Gasteiger charge is -2.21. The third-order valence-electron chi connectivity index (χ3n) is 1.89. The minimum atomic E-state index is -1.09. The summed E-state index contributed by atoms with van der Waals surface area (Å²) in [6.45, 7) is 2.29. The van der Waals surface area contributed by atoms with Gasteiger partial charge in [-0.1, -0.05) is 30.0 Å². The number of rotatable bonds is 4. The van der Waals surface area contributed by atoms with Crippen molar-refractivity contribution >= 4 is 45.6 Å². The molecule has 0 aliphatic carbocycles. The monoisotopic (exact) mass is 274 g/mol. The molecule has 1 atom stereocenters. The minimum absolute atomic E-state index is 0.574. The molecule has 0 amide bonds. The third-order valence-corrected chi connectivity index (χ3v) is 4.42. The van der Waals surface area contributed by atoms with E-state index in [9.17, 15) is 9.90 Å². The largest absolute Gasteiger partial charge is 0.549 e. The fourth-order valence-electron chi connectivity index (χ4n) is 0.990. The molecule has 0 radical (unpaired) electrons. The molecule has 0 aliphatic heterocycles.